The minimum absolute atomic E-state index is 0.148. The van der Waals surface area contributed by atoms with Gasteiger partial charge in [0.15, 0.2) is 0 Å². The maximum Gasteiger partial charge on any atom is 0.270 e. The van der Waals surface area contributed by atoms with Crippen LogP contribution in [-0.4, -0.2) is 40.1 Å². The Labute approximate surface area is 123 Å². The molecule has 1 saturated heterocycles. The molecule has 0 bridgehead atoms. The minimum atomic E-state index is -0.148. The van der Waals surface area contributed by atoms with Gasteiger partial charge in [-0.2, -0.15) is 0 Å². The molecule has 1 fully saturated rings. The van der Waals surface area contributed by atoms with Gasteiger partial charge in [-0.15, -0.1) is 0 Å². The molecular formula is C15H19N5O. The molecular weight excluding hydrogens is 266 g/mol. The van der Waals surface area contributed by atoms with Crippen LogP contribution in [-0.2, 0) is 6.54 Å². The number of carbonyl (C=O) groups is 1. The van der Waals surface area contributed by atoms with Crippen LogP contribution in [0.5, 0.6) is 0 Å². The molecule has 3 rings (SSSR count). The first-order valence-corrected chi connectivity index (χ1v) is 7.29. The first kappa shape index (κ1) is 13.6. The van der Waals surface area contributed by atoms with Crippen molar-refractivity contribution in [3.8, 4) is 0 Å². The predicted octanol–water partition coefficient (Wildman–Crippen LogP) is 1.31. The summed E-state index contributed by atoms with van der Waals surface area (Å²) < 4.78 is 2.02. The molecule has 1 aliphatic rings. The lowest BCUT2D eigenvalue weighted by molar-refractivity contribution is 0.0947. The van der Waals surface area contributed by atoms with Gasteiger partial charge in [0.1, 0.15) is 17.8 Å². The third kappa shape index (κ3) is 3.39. The summed E-state index contributed by atoms with van der Waals surface area (Å²) in [7, 11) is 0. The topological polar surface area (TPSA) is 63.1 Å². The van der Waals surface area contributed by atoms with Crippen LogP contribution in [0.15, 0.2) is 36.9 Å². The molecule has 6 heteroatoms. The van der Waals surface area contributed by atoms with Crippen molar-refractivity contribution in [3.05, 3.63) is 42.6 Å². The highest BCUT2D eigenvalue weighted by Gasteiger charge is 2.15. The summed E-state index contributed by atoms with van der Waals surface area (Å²) in [5.74, 6) is 0.697. The van der Waals surface area contributed by atoms with Gasteiger partial charge in [-0.3, -0.25) is 4.79 Å². The average molecular weight is 285 g/mol. The third-order valence-corrected chi connectivity index (χ3v) is 3.64. The first-order valence-electron chi connectivity index (χ1n) is 7.29. The van der Waals surface area contributed by atoms with E-state index in [9.17, 15) is 4.79 Å². The van der Waals surface area contributed by atoms with Gasteiger partial charge in [0.05, 0.1) is 0 Å². The molecule has 1 aliphatic heterocycles. The van der Waals surface area contributed by atoms with Gasteiger partial charge >= 0.3 is 0 Å². The monoisotopic (exact) mass is 285 g/mol. The zero-order valence-corrected chi connectivity index (χ0v) is 11.9. The first-order chi connectivity index (χ1) is 10.3. The molecule has 0 saturated carbocycles. The van der Waals surface area contributed by atoms with Crippen molar-refractivity contribution in [2.24, 2.45) is 0 Å². The molecule has 6 nitrogen and oxygen atoms in total. The van der Waals surface area contributed by atoms with E-state index in [2.05, 4.69) is 20.2 Å². The van der Waals surface area contributed by atoms with E-state index >= 15 is 0 Å². The van der Waals surface area contributed by atoms with Crippen molar-refractivity contribution in [1.29, 1.82) is 0 Å². The molecule has 0 unspecified atom stereocenters. The highest BCUT2D eigenvalue weighted by Crippen LogP contribution is 2.17. The lowest BCUT2D eigenvalue weighted by Gasteiger charge is -2.16. The zero-order valence-electron chi connectivity index (χ0n) is 11.9. The van der Waals surface area contributed by atoms with Crippen LogP contribution < -0.4 is 10.2 Å². The van der Waals surface area contributed by atoms with E-state index < -0.39 is 0 Å². The molecule has 2 aromatic rings. The second kappa shape index (κ2) is 6.39. The third-order valence-electron chi connectivity index (χ3n) is 3.64. The number of anilines is 1. The van der Waals surface area contributed by atoms with Crippen molar-refractivity contribution in [2.75, 3.05) is 24.5 Å². The van der Waals surface area contributed by atoms with Crippen molar-refractivity contribution in [3.63, 3.8) is 0 Å². The van der Waals surface area contributed by atoms with Crippen LogP contribution in [0.25, 0.3) is 0 Å². The van der Waals surface area contributed by atoms with Gasteiger partial charge in [0, 0.05) is 44.6 Å². The van der Waals surface area contributed by atoms with Crippen molar-refractivity contribution < 1.29 is 4.79 Å². The van der Waals surface area contributed by atoms with Crippen LogP contribution in [0.2, 0.25) is 0 Å². The van der Waals surface area contributed by atoms with Gasteiger partial charge in [-0.25, -0.2) is 9.97 Å². The van der Waals surface area contributed by atoms with Crippen LogP contribution >= 0.6 is 0 Å². The number of nitrogens with zero attached hydrogens (tertiary/aromatic N) is 4. The van der Waals surface area contributed by atoms with E-state index in [1.54, 1.807) is 6.07 Å². The second-order valence-electron chi connectivity index (χ2n) is 5.13. The van der Waals surface area contributed by atoms with Crippen molar-refractivity contribution >= 4 is 11.7 Å². The summed E-state index contributed by atoms with van der Waals surface area (Å²) in [5.41, 5.74) is 0.430. The van der Waals surface area contributed by atoms with E-state index in [1.807, 2.05) is 29.1 Å². The number of rotatable bonds is 5. The molecule has 0 spiro atoms. The van der Waals surface area contributed by atoms with Gasteiger partial charge < -0.3 is 14.8 Å². The minimum Gasteiger partial charge on any atom is -0.357 e. The summed E-state index contributed by atoms with van der Waals surface area (Å²) >= 11 is 0. The fourth-order valence-corrected chi connectivity index (χ4v) is 2.50. The summed E-state index contributed by atoms with van der Waals surface area (Å²) in [4.78, 5) is 22.6. The van der Waals surface area contributed by atoms with Gasteiger partial charge in [0.25, 0.3) is 5.91 Å². The molecule has 1 amide bonds. The lowest BCUT2D eigenvalue weighted by Crippen LogP contribution is -2.28. The van der Waals surface area contributed by atoms with Gasteiger partial charge in [0.2, 0.25) is 0 Å². The van der Waals surface area contributed by atoms with Crippen LogP contribution in [0, 0.1) is 0 Å². The maximum absolute atomic E-state index is 12.1. The number of aromatic nitrogens is 3. The predicted molar refractivity (Wildman–Crippen MR) is 80.2 cm³/mol. The fourth-order valence-electron chi connectivity index (χ4n) is 2.50. The molecule has 3 heterocycles. The maximum atomic E-state index is 12.1. The smallest absolute Gasteiger partial charge is 0.270 e. The van der Waals surface area contributed by atoms with Crippen LogP contribution in [0.4, 0.5) is 5.82 Å². The SMILES string of the molecule is O=C(NCCn1cccc1)c1cc(N2CCCC2)ncn1. The zero-order chi connectivity index (χ0) is 14.5. The molecule has 0 aromatic carbocycles. The Bertz CT molecular complexity index is 590. The van der Waals surface area contributed by atoms with Crippen LogP contribution in [0.3, 0.4) is 0 Å². The number of hydrogen-bond donors (Lipinski definition) is 1. The van der Waals surface area contributed by atoms with E-state index in [0.29, 0.717) is 12.2 Å². The van der Waals surface area contributed by atoms with Crippen LogP contribution in [0.1, 0.15) is 23.3 Å². The van der Waals surface area contributed by atoms with E-state index in [-0.39, 0.29) is 5.91 Å². The quantitative estimate of drug-likeness (QED) is 0.899. The summed E-state index contributed by atoms with van der Waals surface area (Å²) in [6, 6.07) is 5.71. The summed E-state index contributed by atoms with van der Waals surface area (Å²) in [6.07, 6.45) is 7.78. The summed E-state index contributed by atoms with van der Waals surface area (Å²) in [5, 5.41) is 2.89. The Morgan fingerprint density at radius 1 is 1.19 bits per heavy atom. The Kier molecular flexibility index (Phi) is 4.14. The number of carbonyl (C=O) groups excluding carboxylic acids is 1. The fraction of sp³-hybridized carbons (Fsp3) is 0.400. The Morgan fingerprint density at radius 2 is 1.95 bits per heavy atom. The number of nitrogens with one attached hydrogen (secondary N) is 1. The standard InChI is InChI=1S/C15H19N5O/c21-15(16-5-10-19-6-1-2-7-19)13-11-14(18-12-17-13)20-8-3-4-9-20/h1-2,6-7,11-12H,3-5,8-10H2,(H,16,21). The Morgan fingerprint density at radius 3 is 2.71 bits per heavy atom. The Balaban J connectivity index is 1.57. The molecule has 0 aliphatic carbocycles. The molecule has 21 heavy (non-hydrogen) atoms. The lowest BCUT2D eigenvalue weighted by atomic mass is 10.3. The Hall–Kier alpha value is -2.37. The van der Waals surface area contributed by atoms with Gasteiger partial charge in [-0.1, -0.05) is 0 Å². The number of hydrogen-bond acceptors (Lipinski definition) is 4. The van der Waals surface area contributed by atoms with Crippen molar-refractivity contribution in [2.45, 2.75) is 19.4 Å². The van der Waals surface area contributed by atoms with E-state index in [0.717, 1.165) is 25.5 Å². The van der Waals surface area contributed by atoms with E-state index in [4.69, 9.17) is 0 Å². The molecule has 0 radical (unpaired) electrons. The highest BCUT2D eigenvalue weighted by atomic mass is 16.1. The summed E-state index contributed by atoms with van der Waals surface area (Å²) in [6.45, 7) is 3.34. The normalized spacial score (nSPS) is 14.4. The second-order valence-corrected chi connectivity index (χ2v) is 5.13. The number of amides is 1. The molecule has 1 N–H and O–H groups in total. The van der Waals surface area contributed by atoms with Gasteiger partial charge in [-0.05, 0) is 25.0 Å². The van der Waals surface area contributed by atoms with Crippen molar-refractivity contribution in [1.82, 2.24) is 19.9 Å². The average Bonchev–Trinajstić information content (AvgIpc) is 3.21. The largest absolute Gasteiger partial charge is 0.357 e. The molecule has 110 valence electrons. The van der Waals surface area contributed by atoms with E-state index in [1.165, 1.54) is 19.2 Å². The molecule has 0 atom stereocenters. The highest BCUT2D eigenvalue weighted by molar-refractivity contribution is 5.92. The molecule has 2 aromatic heterocycles.